The highest BCUT2D eigenvalue weighted by Crippen LogP contribution is 2.39. The summed E-state index contributed by atoms with van der Waals surface area (Å²) in [7, 11) is 0. The normalized spacial score (nSPS) is 31.1. The zero-order valence-corrected chi connectivity index (χ0v) is 11.8. The summed E-state index contributed by atoms with van der Waals surface area (Å²) in [6.45, 7) is 5.33. The van der Waals surface area contributed by atoms with Gasteiger partial charge in [0.05, 0.1) is 23.9 Å². The van der Waals surface area contributed by atoms with E-state index in [9.17, 15) is 14.4 Å². The maximum absolute atomic E-state index is 11.7. The Bertz CT molecular complexity index is 443. The molecule has 2 rings (SSSR count). The van der Waals surface area contributed by atoms with Crippen LogP contribution in [0.5, 0.6) is 0 Å². The molecule has 20 heavy (non-hydrogen) atoms. The molecule has 4 atom stereocenters. The number of rotatable bonds is 4. The number of alkyl carbamates (subject to hydrolysis) is 1. The fraction of sp³-hybridized carbons (Fsp3) is 0.769. The van der Waals surface area contributed by atoms with Crippen LogP contribution in [0.1, 0.15) is 33.6 Å². The molecule has 0 aromatic heterocycles. The molecule has 0 radical (unpaired) electrons. The molecule has 2 saturated carbocycles. The molecule has 4 unspecified atom stereocenters. The van der Waals surface area contributed by atoms with E-state index < -0.39 is 29.5 Å². The van der Waals surface area contributed by atoms with Crippen molar-refractivity contribution in [3.63, 3.8) is 0 Å². The zero-order chi connectivity index (χ0) is 15.1. The van der Waals surface area contributed by atoms with Crippen molar-refractivity contribution >= 4 is 18.0 Å². The van der Waals surface area contributed by atoms with Crippen LogP contribution in [0.25, 0.3) is 0 Å². The van der Waals surface area contributed by atoms with Crippen molar-refractivity contribution in [1.82, 2.24) is 10.6 Å². The maximum Gasteiger partial charge on any atom is 0.407 e. The monoisotopic (exact) mass is 284 g/mol. The predicted molar refractivity (Wildman–Crippen MR) is 68.9 cm³/mol. The van der Waals surface area contributed by atoms with Crippen LogP contribution in [-0.2, 0) is 14.3 Å². The topological polar surface area (TPSA) is 105 Å². The number of amides is 2. The van der Waals surface area contributed by atoms with Crippen molar-refractivity contribution in [2.45, 2.75) is 51.3 Å². The summed E-state index contributed by atoms with van der Waals surface area (Å²) in [6.07, 6.45) is 0.544. The average molecular weight is 284 g/mol. The Hall–Kier alpha value is -1.79. The Kier molecular flexibility index (Phi) is 3.62. The Balaban J connectivity index is 1.67. The fourth-order valence-electron chi connectivity index (χ4n) is 2.02. The minimum Gasteiger partial charge on any atom is -0.481 e. The summed E-state index contributed by atoms with van der Waals surface area (Å²) >= 11 is 0. The highest BCUT2D eigenvalue weighted by atomic mass is 16.6. The van der Waals surface area contributed by atoms with E-state index in [2.05, 4.69) is 10.6 Å². The molecule has 7 nitrogen and oxygen atoms in total. The van der Waals surface area contributed by atoms with Crippen LogP contribution in [0, 0.1) is 11.8 Å². The first-order valence-electron chi connectivity index (χ1n) is 6.70. The van der Waals surface area contributed by atoms with Gasteiger partial charge in [-0.3, -0.25) is 9.59 Å². The lowest BCUT2D eigenvalue weighted by atomic mass is 10.2. The second-order valence-corrected chi connectivity index (χ2v) is 6.39. The van der Waals surface area contributed by atoms with Crippen molar-refractivity contribution in [3.8, 4) is 0 Å². The van der Waals surface area contributed by atoms with Crippen molar-refractivity contribution in [1.29, 1.82) is 0 Å². The number of carbonyl (C=O) groups is 3. The van der Waals surface area contributed by atoms with Crippen molar-refractivity contribution < 1.29 is 24.2 Å². The largest absolute Gasteiger partial charge is 0.481 e. The van der Waals surface area contributed by atoms with Gasteiger partial charge in [0.15, 0.2) is 0 Å². The minimum atomic E-state index is -0.927. The summed E-state index contributed by atoms with van der Waals surface area (Å²) in [5.74, 6) is -2.14. The van der Waals surface area contributed by atoms with Gasteiger partial charge in [-0.25, -0.2) is 4.79 Å². The van der Waals surface area contributed by atoms with E-state index in [0.29, 0.717) is 12.8 Å². The van der Waals surface area contributed by atoms with Crippen LogP contribution < -0.4 is 10.6 Å². The first-order valence-corrected chi connectivity index (χ1v) is 6.70. The van der Waals surface area contributed by atoms with Gasteiger partial charge in [0.2, 0.25) is 5.91 Å². The summed E-state index contributed by atoms with van der Waals surface area (Å²) in [6, 6.07) is -0.249. The van der Waals surface area contributed by atoms with E-state index >= 15 is 0 Å². The lowest BCUT2D eigenvalue weighted by Crippen LogP contribution is -2.38. The van der Waals surface area contributed by atoms with Gasteiger partial charge in [0.1, 0.15) is 5.60 Å². The van der Waals surface area contributed by atoms with Crippen molar-refractivity contribution in [2.24, 2.45) is 11.8 Å². The maximum atomic E-state index is 11.7. The predicted octanol–water partition coefficient (Wildman–Crippen LogP) is 0.489. The van der Waals surface area contributed by atoms with E-state index in [1.807, 2.05) is 0 Å². The number of nitrogens with one attached hydrogen (secondary N) is 2. The number of carboxylic acids is 1. The molecule has 7 heteroatoms. The smallest absolute Gasteiger partial charge is 0.407 e. The molecular formula is C13H20N2O5. The third kappa shape index (κ3) is 3.85. The Morgan fingerprint density at radius 3 is 2.15 bits per heavy atom. The number of hydrogen-bond acceptors (Lipinski definition) is 4. The highest BCUT2D eigenvalue weighted by Gasteiger charge is 2.50. The molecule has 2 aliphatic carbocycles. The molecule has 2 fully saturated rings. The molecule has 112 valence electrons. The highest BCUT2D eigenvalue weighted by molar-refractivity contribution is 5.89. The first-order chi connectivity index (χ1) is 9.17. The Morgan fingerprint density at radius 1 is 1.05 bits per heavy atom. The van der Waals surface area contributed by atoms with Crippen molar-refractivity contribution in [3.05, 3.63) is 0 Å². The quantitative estimate of drug-likeness (QED) is 0.697. The van der Waals surface area contributed by atoms with Gasteiger partial charge in [0.25, 0.3) is 0 Å². The molecule has 0 heterocycles. The van der Waals surface area contributed by atoms with Gasteiger partial charge in [-0.1, -0.05) is 0 Å². The van der Waals surface area contributed by atoms with E-state index in [1.165, 1.54) is 0 Å². The lowest BCUT2D eigenvalue weighted by Gasteiger charge is -2.19. The molecule has 0 saturated heterocycles. The molecular weight excluding hydrogens is 264 g/mol. The summed E-state index contributed by atoms with van der Waals surface area (Å²) in [5.41, 5.74) is -0.555. The summed E-state index contributed by atoms with van der Waals surface area (Å²) in [4.78, 5) is 33.9. The number of aliphatic carboxylic acids is 1. The lowest BCUT2D eigenvalue weighted by molar-refractivity contribution is -0.140. The van der Waals surface area contributed by atoms with Crippen LogP contribution in [0.4, 0.5) is 4.79 Å². The van der Waals surface area contributed by atoms with Crippen LogP contribution in [0.3, 0.4) is 0 Å². The Morgan fingerprint density at radius 2 is 1.65 bits per heavy atom. The number of ether oxygens (including phenoxy) is 1. The van der Waals surface area contributed by atoms with E-state index in [-0.39, 0.29) is 18.0 Å². The molecule has 0 aliphatic heterocycles. The third-order valence-electron chi connectivity index (χ3n) is 3.26. The van der Waals surface area contributed by atoms with Gasteiger partial charge in [-0.15, -0.1) is 0 Å². The van der Waals surface area contributed by atoms with Crippen LogP contribution in [0.15, 0.2) is 0 Å². The van der Waals surface area contributed by atoms with E-state index in [0.717, 1.165) is 0 Å². The summed E-state index contributed by atoms with van der Waals surface area (Å²) < 4.78 is 5.11. The summed E-state index contributed by atoms with van der Waals surface area (Å²) in [5, 5.41) is 14.2. The third-order valence-corrected chi connectivity index (χ3v) is 3.26. The molecule has 2 aliphatic rings. The van der Waals surface area contributed by atoms with Crippen LogP contribution >= 0.6 is 0 Å². The molecule has 0 spiro atoms. The fourth-order valence-corrected chi connectivity index (χ4v) is 2.02. The van der Waals surface area contributed by atoms with Crippen LogP contribution in [-0.4, -0.2) is 40.8 Å². The van der Waals surface area contributed by atoms with Crippen molar-refractivity contribution in [2.75, 3.05) is 0 Å². The van der Waals surface area contributed by atoms with Gasteiger partial charge in [-0.05, 0) is 33.6 Å². The first kappa shape index (κ1) is 14.6. The minimum absolute atomic E-state index is 0.120. The standard InChI is InChI=1S/C13H20N2O5/c1-13(2,3)20-12(19)15-9-5-8(9)14-10(16)6-4-7(6)11(17)18/h6-9H,4-5H2,1-3H3,(H,14,16)(H,15,19)(H,17,18). The van der Waals surface area contributed by atoms with Gasteiger partial charge < -0.3 is 20.5 Å². The van der Waals surface area contributed by atoms with Gasteiger partial charge in [0, 0.05) is 0 Å². The van der Waals surface area contributed by atoms with Crippen LogP contribution in [0.2, 0.25) is 0 Å². The SMILES string of the molecule is CC(C)(C)OC(=O)NC1CC1NC(=O)C1CC1C(=O)O. The van der Waals surface area contributed by atoms with Gasteiger partial charge >= 0.3 is 12.1 Å². The second-order valence-electron chi connectivity index (χ2n) is 6.39. The zero-order valence-electron chi connectivity index (χ0n) is 11.8. The molecule has 0 bridgehead atoms. The van der Waals surface area contributed by atoms with E-state index in [1.54, 1.807) is 20.8 Å². The van der Waals surface area contributed by atoms with E-state index in [4.69, 9.17) is 9.84 Å². The average Bonchev–Trinajstić information content (AvgIpc) is 3.09. The Labute approximate surface area is 117 Å². The molecule has 2 amide bonds. The van der Waals surface area contributed by atoms with Gasteiger partial charge in [-0.2, -0.15) is 0 Å². The number of carboxylic acid groups (broad SMARTS) is 1. The number of carbonyl (C=O) groups excluding carboxylic acids is 2. The molecule has 0 aromatic rings. The molecule has 3 N–H and O–H groups in total. The second kappa shape index (κ2) is 4.96. The molecule has 0 aromatic carbocycles. The number of hydrogen-bond donors (Lipinski definition) is 3.